The summed E-state index contributed by atoms with van der Waals surface area (Å²) in [6.45, 7) is 2.01. The van der Waals surface area contributed by atoms with Crippen LogP contribution in [0.15, 0.2) is 66.9 Å². The Morgan fingerprint density at radius 3 is 2.46 bits per heavy atom. The van der Waals surface area contributed by atoms with E-state index in [0.717, 1.165) is 11.1 Å². The van der Waals surface area contributed by atoms with Crippen molar-refractivity contribution >= 4 is 5.82 Å². The minimum Gasteiger partial charge on any atom is -0.439 e. The van der Waals surface area contributed by atoms with Crippen molar-refractivity contribution < 1.29 is 4.74 Å². The van der Waals surface area contributed by atoms with E-state index in [1.54, 1.807) is 6.07 Å². The fourth-order valence-corrected chi connectivity index (χ4v) is 2.64. The van der Waals surface area contributed by atoms with Crippen LogP contribution in [0.3, 0.4) is 0 Å². The molecule has 0 amide bonds. The number of anilines is 1. The van der Waals surface area contributed by atoms with Gasteiger partial charge in [-0.1, -0.05) is 48.0 Å². The van der Waals surface area contributed by atoms with Crippen LogP contribution < -0.4 is 10.5 Å². The minimum absolute atomic E-state index is 0.210. The molecule has 0 atom stereocenters. The van der Waals surface area contributed by atoms with Gasteiger partial charge in [0.05, 0.1) is 6.20 Å². The first-order chi connectivity index (χ1) is 13.6. The molecule has 4 rings (SSSR count). The van der Waals surface area contributed by atoms with Crippen molar-refractivity contribution in [2.45, 2.75) is 6.92 Å². The molecule has 0 fully saturated rings. The number of ether oxygens (including phenoxy) is 1. The molecule has 0 saturated heterocycles. The molecule has 0 saturated carbocycles. The molecule has 0 radical (unpaired) electrons. The van der Waals surface area contributed by atoms with Crippen LogP contribution in [0.5, 0.6) is 11.6 Å². The van der Waals surface area contributed by atoms with Gasteiger partial charge in [0.25, 0.3) is 0 Å². The Labute approximate surface area is 161 Å². The van der Waals surface area contributed by atoms with E-state index < -0.39 is 0 Å². The number of hydrogen-bond acceptors (Lipinski definition) is 6. The molecular weight excluding hydrogens is 352 g/mol. The van der Waals surface area contributed by atoms with Gasteiger partial charge in [-0.15, -0.1) is 0 Å². The molecule has 7 heteroatoms. The second-order valence-corrected chi connectivity index (χ2v) is 6.14. The van der Waals surface area contributed by atoms with E-state index in [2.05, 4.69) is 15.1 Å². The second-order valence-electron chi connectivity index (χ2n) is 6.14. The van der Waals surface area contributed by atoms with Crippen LogP contribution in [0, 0.1) is 18.3 Å². The van der Waals surface area contributed by atoms with Crippen LogP contribution in [-0.4, -0.2) is 19.7 Å². The molecule has 2 heterocycles. The number of nitrogens with zero attached hydrogens (tertiary/aromatic N) is 5. The zero-order valence-electron chi connectivity index (χ0n) is 15.1. The van der Waals surface area contributed by atoms with Crippen molar-refractivity contribution in [2.24, 2.45) is 0 Å². The van der Waals surface area contributed by atoms with E-state index in [1.807, 2.05) is 67.6 Å². The number of aromatic nitrogens is 4. The van der Waals surface area contributed by atoms with Gasteiger partial charge in [0.15, 0.2) is 11.6 Å². The summed E-state index contributed by atoms with van der Waals surface area (Å²) < 4.78 is 7.33. The smallest absolute Gasteiger partial charge is 0.225 e. The highest BCUT2D eigenvalue weighted by Gasteiger charge is 2.14. The SMILES string of the molecule is Cc1ccc(Oc2cc(-n3ncc(C#N)c3N)nc(-c3ccccc3)n2)cc1. The molecule has 0 aliphatic carbocycles. The molecule has 2 aromatic heterocycles. The fraction of sp³-hybridized carbons (Fsp3) is 0.0476. The Bertz CT molecular complexity index is 1160. The van der Waals surface area contributed by atoms with Gasteiger partial charge in [0, 0.05) is 11.6 Å². The summed E-state index contributed by atoms with van der Waals surface area (Å²) in [7, 11) is 0. The molecule has 0 spiro atoms. The standard InChI is InChI=1S/C21H16N6O/c1-14-7-9-17(10-8-14)28-19-11-18(27-20(23)16(12-22)13-24-27)25-21(26-19)15-5-3-2-4-6-15/h2-11,13H,23H2,1H3. The van der Waals surface area contributed by atoms with Crippen LogP contribution >= 0.6 is 0 Å². The maximum atomic E-state index is 9.14. The molecule has 136 valence electrons. The third-order valence-corrected chi connectivity index (χ3v) is 4.11. The number of aryl methyl sites for hydroxylation is 1. The first-order valence-corrected chi connectivity index (χ1v) is 8.57. The third-order valence-electron chi connectivity index (χ3n) is 4.11. The summed E-state index contributed by atoms with van der Waals surface area (Å²) in [6.07, 6.45) is 1.40. The highest BCUT2D eigenvalue weighted by molar-refractivity contribution is 5.58. The number of nitrogen functional groups attached to an aromatic ring is 1. The third kappa shape index (κ3) is 3.39. The van der Waals surface area contributed by atoms with Crippen LogP contribution in [0.2, 0.25) is 0 Å². The topological polar surface area (TPSA) is 103 Å². The molecule has 0 unspecified atom stereocenters. The van der Waals surface area contributed by atoms with Gasteiger partial charge in [-0.05, 0) is 19.1 Å². The van der Waals surface area contributed by atoms with Gasteiger partial charge in [-0.2, -0.15) is 20.0 Å². The summed E-state index contributed by atoms with van der Waals surface area (Å²) in [5.74, 6) is 2.09. The van der Waals surface area contributed by atoms with E-state index in [-0.39, 0.29) is 11.4 Å². The second kappa shape index (κ2) is 7.21. The summed E-state index contributed by atoms with van der Waals surface area (Å²) in [5, 5.41) is 13.3. The lowest BCUT2D eigenvalue weighted by molar-refractivity contribution is 0.461. The van der Waals surface area contributed by atoms with E-state index in [0.29, 0.717) is 23.3 Å². The number of nitrogens with two attached hydrogens (primary N) is 1. The number of benzene rings is 2. The van der Waals surface area contributed by atoms with Gasteiger partial charge < -0.3 is 10.5 Å². The fourth-order valence-electron chi connectivity index (χ4n) is 2.64. The van der Waals surface area contributed by atoms with Crippen LogP contribution in [0.1, 0.15) is 11.1 Å². The zero-order chi connectivity index (χ0) is 19.5. The maximum Gasteiger partial charge on any atom is 0.225 e. The zero-order valence-corrected chi connectivity index (χ0v) is 15.1. The molecule has 0 aliphatic heterocycles. The van der Waals surface area contributed by atoms with Crippen molar-refractivity contribution in [3.63, 3.8) is 0 Å². The lowest BCUT2D eigenvalue weighted by Crippen LogP contribution is -2.07. The van der Waals surface area contributed by atoms with Crippen LogP contribution in [0.4, 0.5) is 5.82 Å². The number of nitriles is 1. The summed E-state index contributed by atoms with van der Waals surface area (Å²) in [6, 6.07) is 20.8. The molecule has 28 heavy (non-hydrogen) atoms. The summed E-state index contributed by atoms with van der Waals surface area (Å²) in [5.41, 5.74) is 8.27. The van der Waals surface area contributed by atoms with E-state index in [1.165, 1.54) is 10.9 Å². The number of rotatable bonds is 4. The first-order valence-electron chi connectivity index (χ1n) is 8.57. The van der Waals surface area contributed by atoms with Gasteiger partial charge in [-0.3, -0.25) is 0 Å². The van der Waals surface area contributed by atoms with Gasteiger partial charge in [-0.25, -0.2) is 4.98 Å². The average Bonchev–Trinajstić information content (AvgIpc) is 3.10. The quantitative estimate of drug-likeness (QED) is 0.586. The van der Waals surface area contributed by atoms with Crippen molar-refractivity contribution in [1.29, 1.82) is 5.26 Å². The average molecular weight is 368 g/mol. The lowest BCUT2D eigenvalue weighted by atomic mass is 10.2. The number of hydrogen-bond donors (Lipinski definition) is 1. The normalized spacial score (nSPS) is 10.4. The Kier molecular flexibility index (Phi) is 4.44. The largest absolute Gasteiger partial charge is 0.439 e. The summed E-state index contributed by atoms with van der Waals surface area (Å²) in [4.78, 5) is 9.08. The predicted octanol–water partition coefficient (Wildman–Crippen LogP) is 3.88. The molecule has 4 aromatic rings. The highest BCUT2D eigenvalue weighted by atomic mass is 16.5. The predicted molar refractivity (Wildman–Crippen MR) is 105 cm³/mol. The molecule has 0 aliphatic rings. The Morgan fingerprint density at radius 2 is 1.79 bits per heavy atom. The van der Waals surface area contributed by atoms with Crippen molar-refractivity contribution in [3.05, 3.63) is 78.0 Å². The van der Waals surface area contributed by atoms with Crippen LogP contribution in [-0.2, 0) is 0 Å². The molecule has 2 aromatic carbocycles. The minimum atomic E-state index is 0.210. The summed E-state index contributed by atoms with van der Waals surface area (Å²) >= 11 is 0. The van der Waals surface area contributed by atoms with E-state index in [9.17, 15) is 0 Å². The monoisotopic (exact) mass is 368 g/mol. The van der Waals surface area contributed by atoms with Crippen molar-refractivity contribution in [3.8, 4) is 34.9 Å². The highest BCUT2D eigenvalue weighted by Crippen LogP contribution is 2.26. The molecule has 7 nitrogen and oxygen atoms in total. The molecular formula is C21H16N6O. The van der Waals surface area contributed by atoms with E-state index >= 15 is 0 Å². The van der Waals surface area contributed by atoms with Gasteiger partial charge in [0.1, 0.15) is 23.2 Å². The van der Waals surface area contributed by atoms with Gasteiger partial charge in [0.2, 0.25) is 5.88 Å². The van der Waals surface area contributed by atoms with Crippen molar-refractivity contribution in [1.82, 2.24) is 19.7 Å². The Morgan fingerprint density at radius 1 is 1.04 bits per heavy atom. The lowest BCUT2D eigenvalue weighted by Gasteiger charge is -2.10. The van der Waals surface area contributed by atoms with Gasteiger partial charge >= 0.3 is 0 Å². The Hall–Kier alpha value is -4.18. The Balaban J connectivity index is 1.82. The van der Waals surface area contributed by atoms with Crippen molar-refractivity contribution in [2.75, 3.05) is 5.73 Å². The molecule has 0 bridgehead atoms. The van der Waals surface area contributed by atoms with E-state index in [4.69, 9.17) is 15.7 Å². The molecule has 2 N–H and O–H groups in total. The maximum absolute atomic E-state index is 9.14. The first kappa shape index (κ1) is 17.2. The van der Waals surface area contributed by atoms with Crippen LogP contribution in [0.25, 0.3) is 17.2 Å².